The van der Waals surface area contributed by atoms with Crippen molar-refractivity contribution in [2.75, 3.05) is 5.32 Å². The first-order valence-electron chi connectivity index (χ1n) is 8.47. The summed E-state index contributed by atoms with van der Waals surface area (Å²) in [4.78, 5) is 20.4. The molecule has 0 saturated carbocycles. The molecule has 0 bridgehead atoms. The lowest BCUT2D eigenvalue weighted by Crippen LogP contribution is -2.11. The Morgan fingerprint density at radius 1 is 1.04 bits per heavy atom. The number of anilines is 1. The number of carbonyl (C=O) groups excluding carboxylic acids is 1. The van der Waals surface area contributed by atoms with E-state index in [1.807, 2.05) is 36.4 Å². The number of H-pyrrole nitrogens is 1. The lowest BCUT2D eigenvalue weighted by molar-refractivity contribution is 0.102. The van der Waals surface area contributed by atoms with Crippen LogP contribution in [0.3, 0.4) is 0 Å². The van der Waals surface area contributed by atoms with Crippen LogP contribution in [-0.4, -0.2) is 15.9 Å². The molecule has 0 unspecified atom stereocenters. The third-order valence-electron chi connectivity index (χ3n) is 4.27. The van der Waals surface area contributed by atoms with Gasteiger partial charge in [0, 0.05) is 32.2 Å². The zero-order chi connectivity index (χ0) is 19.7. The molecule has 4 nitrogen and oxygen atoms in total. The van der Waals surface area contributed by atoms with E-state index in [0.29, 0.717) is 22.0 Å². The van der Waals surface area contributed by atoms with Gasteiger partial charge in [0.05, 0.1) is 11.0 Å². The van der Waals surface area contributed by atoms with Crippen LogP contribution < -0.4 is 5.32 Å². The number of imidazole rings is 1. The average Bonchev–Trinajstić information content (AvgIpc) is 3.07. The highest BCUT2D eigenvalue weighted by atomic mass is 79.9. The van der Waals surface area contributed by atoms with Crippen LogP contribution in [0.5, 0.6) is 0 Å². The smallest absolute Gasteiger partial charge is 0.255 e. The second kappa shape index (κ2) is 7.95. The van der Waals surface area contributed by atoms with E-state index in [9.17, 15) is 4.79 Å². The highest BCUT2D eigenvalue weighted by molar-refractivity contribution is 9.10. The third kappa shape index (κ3) is 4.22. The molecule has 0 spiro atoms. The zero-order valence-electron chi connectivity index (χ0n) is 14.5. The summed E-state index contributed by atoms with van der Waals surface area (Å²) in [5.41, 5.74) is 3.80. The Balaban J connectivity index is 1.55. The van der Waals surface area contributed by atoms with Crippen LogP contribution in [0, 0.1) is 0 Å². The fourth-order valence-electron chi connectivity index (χ4n) is 2.87. The van der Waals surface area contributed by atoms with Gasteiger partial charge in [-0.3, -0.25) is 4.79 Å². The largest absolute Gasteiger partial charge is 0.342 e. The molecule has 4 aromatic rings. The van der Waals surface area contributed by atoms with E-state index in [2.05, 4.69) is 31.2 Å². The van der Waals surface area contributed by atoms with Gasteiger partial charge in [-0.15, -0.1) is 0 Å². The van der Waals surface area contributed by atoms with Crippen molar-refractivity contribution in [2.24, 2.45) is 0 Å². The van der Waals surface area contributed by atoms with E-state index >= 15 is 0 Å². The molecular weight excluding hydrogens is 461 g/mol. The number of nitrogens with one attached hydrogen (secondary N) is 2. The Labute approximate surface area is 180 Å². The summed E-state index contributed by atoms with van der Waals surface area (Å²) in [6, 6.07) is 18.2. The molecule has 140 valence electrons. The quantitative estimate of drug-likeness (QED) is 0.355. The molecule has 3 aromatic carbocycles. The minimum Gasteiger partial charge on any atom is -0.342 e. The predicted octanol–water partition coefficient (Wildman–Crippen LogP) is 6.48. The monoisotopic (exact) mass is 473 g/mol. The van der Waals surface area contributed by atoms with E-state index in [0.717, 1.165) is 32.6 Å². The second-order valence-electron chi connectivity index (χ2n) is 6.29. The third-order valence-corrected chi connectivity index (χ3v) is 5.38. The summed E-state index contributed by atoms with van der Waals surface area (Å²) in [5.74, 6) is 0.589. The molecular formula is C21H14BrCl2N3O. The van der Waals surface area contributed by atoms with Gasteiger partial charge in [0.25, 0.3) is 5.91 Å². The Hall–Kier alpha value is -2.34. The van der Waals surface area contributed by atoms with Crippen LogP contribution in [0.15, 0.2) is 65.1 Å². The van der Waals surface area contributed by atoms with Crippen molar-refractivity contribution in [2.45, 2.75) is 6.42 Å². The minimum atomic E-state index is -0.180. The van der Waals surface area contributed by atoms with Gasteiger partial charge in [0.1, 0.15) is 5.82 Å². The van der Waals surface area contributed by atoms with Crippen molar-refractivity contribution < 1.29 is 4.79 Å². The van der Waals surface area contributed by atoms with Gasteiger partial charge in [-0.1, -0.05) is 45.2 Å². The Kier molecular flexibility index (Phi) is 5.40. The number of nitrogens with zero attached hydrogens (tertiary/aromatic N) is 1. The number of hydrogen-bond donors (Lipinski definition) is 2. The van der Waals surface area contributed by atoms with Gasteiger partial charge in [0.2, 0.25) is 0 Å². The van der Waals surface area contributed by atoms with Crippen molar-refractivity contribution in [3.63, 3.8) is 0 Å². The molecule has 0 atom stereocenters. The van der Waals surface area contributed by atoms with Gasteiger partial charge < -0.3 is 10.3 Å². The molecule has 1 heterocycles. The molecule has 0 saturated heterocycles. The predicted molar refractivity (Wildman–Crippen MR) is 117 cm³/mol. The van der Waals surface area contributed by atoms with E-state index in [1.54, 1.807) is 24.3 Å². The van der Waals surface area contributed by atoms with Crippen LogP contribution in [0.2, 0.25) is 10.0 Å². The summed E-state index contributed by atoms with van der Waals surface area (Å²) in [6.45, 7) is 0. The maximum atomic E-state index is 12.5. The molecule has 1 aromatic heterocycles. The number of aromatic amines is 1. The molecule has 1 amide bonds. The number of aromatic nitrogens is 2. The number of amides is 1. The fourth-order valence-corrected chi connectivity index (χ4v) is 3.61. The van der Waals surface area contributed by atoms with Crippen LogP contribution in [0.25, 0.3) is 11.0 Å². The highest BCUT2D eigenvalue weighted by Crippen LogP contribution is 2.24. The van der Waals surface area contributed by atoms with Crippen molar-refractivity contribution in [1.82, 2.24) is 9.97 Å². The summed E-state index contributed by atoms with van der Waals surface area (Å²) in [5, 5.41) is 4.08. The standard InChI is InChI=1S/C21H14BrCl2N3O/c22-14-3-6-16(7-4-14)25-21(28)13-2-8-18-19(9-13)27-20(26-18)10-12-1-5-15(23)11-17(12)24/h1-9,11H,10H2,(H,25,28)(H,26,27). The molecule has 0 aliphatic heterocycles. The first kappa shape index (κ1) is 19.0. The van der Waals surface area contributed by atoms with E-state index in [-0.39, 0.29) is 5.91 Å². The van der Waals surface area contributed by atoms with Crippen molar-refractivity contribution >= 4 is 61.8 Å². The Bertz CT molecular complexity index is 1170. The van der Waals surface area contributed by atoms with Crippen LogP contribution >= 0.6 is 39.1 Å². The van der Waals surface area contributed by atoms with E-state index in [1.165, 1.54) is 0 Å². The number of carbonyl (C=O) groups is 1. The lowest BCUT2D eigenvalue weighted by Gasteiger charge is -2.05. The van der Waals surface area contributed by atoms with Gasteiger partial charge >= 0.3 is 0 Å². The first-order valence-corrected chi connectivity index (χ1v) is 10.0. The first-order chi connectivity index (χ1) is 13.5. The molecule has 0 radical (unpaired) electrons. The SMILES string of the molecule is O=C(Nc1ccc(Br)cc1)c1ccc2nc(Cc3ccc(Cl)cc3Cl)[nH]c2c1. The topological polar surface area (TPSA) is 57.8 Å². The molecule has 0 fully saturated rings. The minimum absolute atomic E-state index is 0.180. The molecule has 4 rings (SSSR count). The second-order valence-corrected chi connectivity index (χ2v) is 8.05. The maximum Gasteiger partial charge on any atom is 0.255 e. The summed E-state index contributed by atoms with van der Waals surface area (Å²) >= 11 is 15.6. The lowest BCUT2D eigenvalue weighted by atomic mass is 10.1. The summed E-state index contributed by atoms with van der Waals surface area (Å²) < 4.78 is 0.956. The van der Waals surface area contributed by atoms with Gasteiger partial charge in [-0.2, -0.15) is 0 Å². The van der Waals surface area contributed by atoms with Crippen LogP contribution in [0.1, 0.15) is 21.7 Å². The highest BCUT2D eigenvalue weighted by Gasteiger charge is 2.11. The molecule has 28 heavy (non-hydrogen) atoms. The number of halogens is 3. The fraction of sp³-hybridized carbons (Fsp3) is 0.0476. The molecule has 7 heteroatoms. The Morgan fingerprint density at radius 3 is 2.57 bits per heavy atom. The summed E-state index contributed by atoms with van der Waals surface area (Å²) in [6.07, 6.45) is 0.547. The maximum absolute atomic E-state index is 12.5. The number of rotatable bonds is 4. The normalized spacial score (nSPS) is 11.0. The van der Waals surface area contributed by atoms with Crippen molar-refractivity contribution in [3.8, 4) is 0 Å². The van der Waals surface area contributed by atoms with Gasteiger partial charge in [-0.25, -0.2) is 4.98 Å². The molecule has 0 aliphatic carbocycles. The van der Waals surface area contributed by atoms with Crippen molar-refractivity contribution in [1.29, 1.82) is 0 Å². The van der Waals surface area contributed by atoms with Crippen LogP contribution in [-0.2, 0) is 6.42 Å². The zero-order valence-corrected chi connectivity index (χ0v) is 17.6. The molecule has 2 N–H and O–H groups in total. The molecule has 0 aliphatic rings. The number of hydrogen-bond acceptors (Lipinski definition) is 2. The number of fused-ring (bicyclic) bond motifs is 1. The summed E-state index contributed by atoms with van der Waals surface area (Å²) in [7, 11) is 0. The van der Waals surface area contributed by atoms with E-state index < -0.39 is 0 Å². The average molecular weight is 475 g/mol. The van der Waals surface area contributed by atoms with Crippen LogP contribution in [0.4, 0.5) is 5.69 Å². The Morgan fingerprint density at radius 2 is 1.82 bits per heavy atom. The number of benzene rings is 3. The van der Waals surface area contributed by atoms with Crippen molar-refractivity contribution in [3.05, 3.63) is 92.1 Å². The van der Waals surface area contributed by atoms with E-state index in [4.69, 9.17) is 23.2 Å². The van der Waals surface area contributed by atoms with Gasteiger partial charge in [0.15, 0.2) is 0 Å². The van der Waals surface area contributed by atoms with Gasteiger partial charge in [-0.05, 0) is 60.2 Å².